The van der Waals surface area contributed by atoms with E-state index in [1.807, 2.05) is 18.2 Å². The lowest BCUT2D eigenvalue weighted by Crippen LogP contribution is -1.97. The molecule has 98 valence electrons. The SMILES string of the molecule is Cc1nn(C)c(Oc2cccc(C(C)C)c2)c1C#N. The summed E-state index contributed by atoms with van der Waals surface area (Å²) in [7, 11) is 1.77. The van der Waals surface area contributed by atoms with Gasteiger partial charge in [-0.15, -0.1) is 0 Å². The van der Waals surface area contributed by atoms with Crippen LogP contribution in [-0.2, 0) is 7.05 Å². The third kappa shape index (κ3) is 2.60. The number of hydrogen-bond donors (Lipinski definition) is 0. The second kappa shape index (κ2) is 5.15. The Kier molecular flexibility index (Phi) is 3.57. The number of nitriles is 1. The van der Waals surface area contributed by atoms with Gasteiger partial charge in [0.1, 0.15) is 17.4 Å². The second-order valence-electron chi connectivity index (χ2n) is 4.83. The Morgan fingerprint density at radius 3 is 2.74 bits per heavy atom. The molecule has 0 bridgehead atoms. The van der Waals surface area contributed by atoms with E-state index in [1.54, 1.807) is 18.7 Å². The lowest BCUT2D eigenvalue weighted by atomic mass is 10.0. The zero-order valence-corrected chi connectivity index (χ0v) is 11.6. The minimum atomic E-state index is 0.437. The van der Waals surface area contributed by atoms with Gasteiger partial charge in [-0.3, -0.25) is 0 Å². The first-order valence-electron chi connectivity index (χ1n) is 6.24. The number of aromatic nitrogens is 2. The maximum absolute atomic E-state index is 9.15. The fraction of sp³-hybridized carbons (Fsp3) is 0.333. The van der Waals surface area contributed by atoms with Gasteiger partial charge in [0.05, 0.1) is 5.69 Å². The number of nitrogens with zero attached hydrogens (tertiary/aromatic N) is 3. The van der Waals surface area contributed by atoms with E-state index in [2.05, 4.69) is 31.1 Å². The topological polar surface area (TPSA) is 50.8 Å². The number of ether oxygens (including phenoxy) is 1. The van der Waals surface area contributed by atoms with Crippen molar-refractivity contribution in [2.24, 2.45) is 7.05 Å². The monoisotopic (exact) mass is 255 g/mol. The normalized spacial score (nSPS) is 10.5. The highest BCUT2D eigenvalue weighted by molar-refractivity contribution is 5.44. The van der Waals surface area contributed by atoms with Crippen LogP contribution in [0, 0.1) is 18.3 Å². The molecule has 0 saturated heterocycles. The van der Waals surface area contributed by atoms with Crippen LogP contribution in [0.2, 0.25) is 0 Å². The molecule has 1 aromatic carbocycles. The Morgan fingerprint density at radius 1 is 1.37 bits per heavy atom. The molecule has 0 aliphatic heterocycles. The molecule has 1 aromatic heterocycles. The fourth-order valence-electron chi connectivity index (χ4n) is 1.93. The molecule has 0 amide bonds. The molecule has 0 spiro atoms. The zero-order chi connectivity index (χ0) is 14.0. The lowest BCUT2D eigenvalue weighted by molar-refractivity contribution is 0.428. The molecule has 0 fully saturated rings. The Bertz CT molecular complexity index is 635. The van der Waals surface area contributed by atoms with Gasteiger partial charge in [-0.05, 0) is 30.5 Å². The smallest absolute Gasteiger partial charge is 0.235 e. The Hall–Kier alpha value is -2.28. The molecule has 0 N–H and O–H groups in total. The first-order chi connectivity index (χ1) is 9.02. The molecule has 0 aliphatic rings. The van der Waals surface area contributed by atoms with Crippen molar-refractivity contribution in [1.29, 1.82) is 5.26 Å². The van der Waals surface area contributed by atoms with Gasteiger partial charge in [-0.2, -0.15) is 10.4 Å². The molecule has 2 rings (SSSR count). The first kappa shape index (κ1) is 13.2. The van der Waals surface area contributed by atoms with Crippen LogP contribution in [0.15, 0.2) is 24.3 Å². The van der Waals surface area contributed by atoms with Crippen LogP contribution in [0.5, 0.6) is 11.6 Å². The van der Waals surface area contributed by atoms with E-state index in [1.165, 1.54) is 5.56 Å². The minimum absolute atomic E-state index is 0.437. The van der Waals surface area contributed by atoms with Gasteiger partial charge in [0.15, 0.2) is 0 Å². The molecule has 0 atom stereocenters. The van der Waals surface area contributed by atoms with Crippen LogP contribution in [0.4, 0.5) is 0 Å². The van der Waals surface area contributed by atoms with Crippen molar-refractivity contribution in [3.8, 4) is 17.7 Å². The van der Waals surface area contributed by atoms with E-state index >= 15 is 0 Å². The Labute approximate surface area is 113 Å². The molecule has 4 nitrogen and oxygen atoms in total. The van der Waals surface area contributed by atoms with Gasteiger partial charge >= 0.3 is 0 Å². The number of rotatable bonds is 3. The van der Waals surface area contributed by atoms with Gasteiger partial charge < -0.3 is 4.74 Å². The summed E-state index contributed by atoms with van der Waals surface area (Å²) in [5.74, 6) is 1.65. The fourth-order valence-corrected chi connectivity index (χ4v) is 1.93. The molecule has 1 heterocycles. The van der Waals surface area contributed by atoms with Gasteiger partial charge in [0, 0.05) is 7.05 Å². The quantitative estimate of drug-likeness (QED) is 0.843. The average molecular weight is 255 g/mol. The van der Waals surface area contributed by atoms with Crippen LogP contribution >= 0.6 is 0 Å². The number of hydrogen-bond acceptors (Lipinski definition) is 3. The summed E-state index contributed by atoms with van der Waals surface area (Å²) in [5.41, 5.74) is 2.37. The second-order valence-corrected chi connectivity index (χ2v) is 4.83. The van der Waals surface area contributed by atoms with E-state index < -0.39 is 0 Å². The van der Waals surface area contributed by atoms with Crippen LogP contribution in [0.3, 0.4) is 0 Å². The number of aryl methyl sites for hydroxylation is 2. The maximum atomic E-state index is 9.15. The number of benzene rings is 1. The van der Waals surface area contributed by atoms with Crippen molar-refractivity contribution in [3.05, 3.63) is 41.1 Å². The minimum Gasteiger partial charge on any atom is -0.438 e. The van der Waals surface area contributed by atoms with Crippen molar-refractivity contribution >= 4 is 0 Å². The van der Waals surface area contributed by atoms with E-state index in [-0.39, 0.29) is 0 Å². The molecule has 0 aliphatic carbocycles. The van der Waals surface area contributed by atoms with Crippen LogP contribution in [0.1, 0.15) is 36.6 Å². The first-order valence-corrected chi connectivity index (χ1v) is 6.24. The third-order valence-corrected chi connectivity index (χ3v) is 3.02. The Morgan fingerprint density at radius 2 is 2.11 bits per heavy atom. The molecule has 2 aromatic rings. The molecular formula is C15H17N3O. The van der Waals surface area contributed by atoms with E-state index in [9.17, 15) is 0 Å². The highest BCUT2D eigenvalue weighted by Gasteiger charge is 2.15. The van der Waals surface area contributed by atoms with Crippen molar-refractivity contribution in [2.45, 2.75) is 26.7 Å². The van der Waals surface area contributed by atoms with Gasteiger partial charge in [-0.25, -0.2) is 4.68 Å². The molecule has 0 radical (unpaired) electrons. The van der Waals surface area contributed by atoms with Crippen LogP contribution < -0.4 is 4.74 Å². The lowest BCUT2D eigenvalue weighted by Gasteiger charge is -2.09. The summed E-state index contributed by atoms with van der Waals surface area (Å²) >= 11 is 0. The Balaban J connectivity index is 2.37. The summed E-state index contributed by atoms with van der Waals surface area (Å²) in [6.45, 7) is 6.07. The molecule has 0 saturated carbocycles. The third-order valence-electron chi connectivity index (χ3n) is 3.02. The van der Waals surface area contributed by atoms with E-state index in [4.69, 9.17) is 10.00 Å². The predicted molar refractivity (Wildman–Crippen MR) is 73.3 cm³/mol. The van der Waals surface area contributed by atoms with Crippen molar-refractivity contribution in [2.75, 3.05) is 0 Å². The average Bonchev–Trinajstić information content (AvgIpc) is 2.64. The van der Waals surface area contributed by atoms with Gasteiger partial charge in [0.25, 0.3) is 0 Å². The molecule has 4 heteroatoms. The summed E-state index contributed by atoms with van der Waals surface area (Å²) < 4.78 is 7.41. The summed E-state index contributed by atoms with van der Waals surface area (Å²) in [5, 5.41) is 13.4. The molecule has 0 unspecified atom stereocenters. The van der Waals surface area contributed by atoms with Crippen molar-refractivity contribution in [3.63, 3.8) is 0 Å². The van der Waals surface area contributed by atoms with Crippen molar-refractivity contribution in [1.82, 2.24) is 9.78 Å². The van der Waals surface area contributed by atoms with Crippen molar-refractivity contribution < 1.29 is 4.74 Å². The highest BCUT2D eigenvalue weighted by atomic mass is 16.5. The predicted octanol–water partition coefficient (Wildman–Crippen LogP) is 3.52. The summed E-state index contributed by atoms with van der Waals surface area (Å²) in [6, 6.07) is 10.0. The molecular weight excluding hydrogens is 238 g/mol. The maximum Gasteiger partial charge on any atom is 0.235 e. The largest absolute Gasteiger partial charge is 0.438 e. The van der Waals surface area contributed by atoms with Crippen LogP contribution in [-0.4, -0.2) is 9.78 Å². The zero-order valence-electron chi connectivity index (χ0n) is 11.6. The summed E-state index contributed by atoms with van der Waals surface area (Å²) in [6.07, 6.45) is 0. The highest BCUT2D eigenvalue weighted by Crippen LogP contribution is 2.28. The van der Waals surface area contributed by atoms with E-state index in [0.717, 1.165) is 5.75 Å². The summed E-state index contributed by atoms with van der Waals surface area (Å²) in [4.78, 5) is 0. The standard InChI is InChI=1S/C15H17N3O/c1-10(2)12-6-5-7-13(8-12)19-15-14(9-16)11(3)17-18(15)4/h5-8,10H,1-4H3. The molecule has 19 heavy (non-hydrogen) atoms. The van der Waals surface area contributed by atoms with Crippen LogP contribution in [0.25, 0.3) is 0 Å². The van der Waals surface area contributed by atoms with Gasteiger partial charge in [0.2, 0.25) is 5.88 Å². The van der Waals surface area contributed by atoms with E-state index in [0.29, 0.717) is 23.1 Å². The van der Waals surface area contributed by atoms with Gasteiger partial charge in [-0.1, -0.05) is 26.0 Å².